The Balaban J connectivity index is 0.000000337. The molecule has 0 radical (unpaired) electrons. The first-order chi connectivity index (χ1) is 63.1. The minimum atomic E-state index is -4.38. The number of hydrogen-bond acceptors (Lipinski definition) is 21. The van der Waals surface area contributed by atoms with Crippen LogP contribution in [0.2, 0.25) is 0 Å². The molecule has 752 valence electrons. The van der Waals surface area contributed by atoms with E-state index in [0.29, 0.717) is 62.7 Å². The zero-order chi connectivity index (χ0) is 102. The molecule has 141 heavy (non-hydrogen) atoms. The topological polar surface area (TPSA) is 296 Å². The molecule has 0 bridgehead atoms. The van der Waals surface area contributed by atoms with Gasteiger partial charge in [-0.3, -0.25) is 14.4 Å². The third-order valence-corrected chi connectivity index (χ3v) is 29.5. The molecule has 12 aromatic carbocycles. The summed E-state index contributed by atoms with van der Waals surface area (Å²) >= 11 is 0. The van der Waals surface area contributed by atoms with Gasteiger partial charge in [-0.1, -0.05) is 119 Å². The van der Waals surface area contributed by atoms with E-state index < -0.39 is 75.1 Å². The van der Waals surface area contributed by atoms with Gasteiger partial charge in [0, 0.05) is 118 Å². The van der Waals surface area contributed by atoms with Gasteiger partial charge in [0.25, 0.3) is 0 Å². The third-order valence-electron chi connectivity index (χ3n) is 20.8. The summed E-state index contributed by atoms with van der Waals surface area (Å²) in [5.74, 6) is 3.09. The van der Waals surface area contributed by atoms with Crippen molar-refractivity contribution in [3.63, 3.8) is 0 Å². The summed E-state index contributed by atoms with van der Waals surface area (Å²) < 4.78 is 178. The molecule has 0 saturated heterocycles. The van der Waals surface area contributed by atoms with Crippen LogP contribution < -0.4 is 37.9 Å². The number of sulfone groups is 5. The van der Waals surface area contributed by atoms with Crippen LogP contribution in [-0.2, 0) is 155 Å². The summed E-state index contributed by atoms with van der Waals surface area (Å²) in [6.45, 7) is 47.5. The predicted molar refractivity (Wildman–Crippen MR) is 535 cm³/mol. The van der Waals surface area contributed by atoms with E-state index in [0.717, 1.165) is 40.5 Å². The quantitative estimate of drug-likeness (QED) is 0.0401. The molecule has 0 amide bonds. The van der Waals surface area contributed by atoms with Crippen LogP contribution in [0.25, 0.3) is 0 Å². The Labute approximate surface area is 892 Å². The van der Waals surface area contributed by atoms with E-state index in [-0.39, 0.29) is 185 Å². The molecular weight excluding hydrogens is 2560 g/mol. The van der Waals surface area contributed by atoms with Gasteiger partial charge in [-0.05, 0) is 358 Å². The van der Waals surface area contributed by atoms with Crippen molar-refractivity contribution in [1.29, 1.82) is 0 Å². The van der Waals surface area contributed by atoms with Gasteiger partial charge >= 0.3 is 0 Å². The first-order valence-corrected chi connectivity index (χ1v) is 51.3. The van der Waals surface area contributed by atoms with Crippen molar-refractivity contribution >= 4 is 66.5 Å². The van der Waals surface area contributed by atoms with Crippen LogP contribution >= 0.6 is 0 Å². The summed E-state index contributed by atoms with van der Waals surface area (Å²) in [6.07, 6.45) is 0. The average Bonchev–Trinajstić information content (AvgIpc) is 0.753. The van der Waals surface area contributed by atoms with E-state index in [4.69, 9.17) is 37.9 Å². The maximum absolute atomic E-state index is 13.9. The van der Waals surface area contributed by atoms with Crippen LogP contribution in [0.15, 0.2) is 316 Å². The Kier molecular flexibility index (Phi) is 41.6. The largest absolute Gasteiger partial charge is 0.665 e. The van der Waals surface area contributed by atoms with Gasteiger partial charge in [0.1, 0.15) is 45.4 Å². The number of rotatable bonds is 24. The summed E-state index contributed by atoms with van der Waals surface area (Å²) in [5.41, 5.74) is 3.38. The number of ether oxygens (including phenoxy) is 8. The van der Waals surface area contributed by atoms with Crippen LogP contribution in [-0.4, -0.2) is 81.8 Å². The van der Waals surface area contributed by atoms with Crippen LogP contribution in [0.3, 0.4) is 0 Å². The minimum absolute atomic E-state index is 0. The van der Waals surface area contributed by atoms with Crippen molar-refractivity contribution in [1.82, 2.24) is 0 Å². The van der Waals surface area contributed by atoms with Crippen molar-refractivity contribution < 1.29 is 179 Å². The number of carbonyl (C=O) groups excluding carboxylic acids is 3. The van der Waals surface area contributed by atoms with Crippen LogP contribution in [0.4, 0.5) is 0 Å². The molecule has 0 aliphatic carbocycles. The van der Waals surface area contributed by atoms with Gasteiger partial charge in [-0.25, -0.2) is 42.1 Å². The standard InChI is InChI=1S/C36H35O5.C33H35O8S3.2C21H27O4S.4W/c1-35(2,3)29-14-8-23(9-15-29)32(37)26-20-27(33(38)24-10-16-30(40-7)17-11-24)22-28(21-26)34(39)25-12-18-31(19-13-25)41-36(4,5)6;1-32(2,3)23-8-14-26(15-9-23)42(34,35)29-20-30(43(36,37)27-16-10-24(40-7)11-17-27)22-31(21-29)44(38,39)28-18-12-25(13-19-28)41-33(4,5)6;1-20(2,3)15-12-17(24-7)14-19(13-15)26(22,23)18-10-8-16(9-11-18)25-21(4,5)6;1-20(2,3)15-12-17(25-21(4,5)6)14-19(13-15)26(22,23)18-10-8-16(24-7)9-11-18;;;;/h8-22H,7H2,1-6H3;8-22H,7H2,1-6H3;2*8-14H,7H2,1-6H3;;;;/q4*-1;;;;. The first-order valence-electron chi connectivity index (χ1n) is 43.9. The van der Waals surface area contributed by atoms with E-state index in [1.54, 1.807) is 140 Å². The average molecular weight is 2690 g/mol. The van der Waals surface area contributed by atoms with Crippen molar-refractivity contribution in [3.8, 4) is 46.0 Å². The van der Waals surface area contributed by atoms with Gasteiger partial charge in [0.2, 0.25) is 49.2 Å². The molecule has 21 nitrogen and oxygen atoms in total. The zero-order valence-corrected chi connectivity index (χ0v) is 99.8. The van der Waals surface area contributed by atoms with Crippen LogP contribution in [0, 0.1) is 28.4 Å². The fourth-order valence-electron chi connectivity index (χ4n) is 13.5. The molecule has 0 atom stereocenters. The molecule has 0 fully saturated rings. The second kappa shape index (κ2) is 48.0. The molecular formula is C111H124O21S5W4-4. The maximum atomic E-state index is 13.9. The SMILES string of the molecule is [CH2-]Oc1cc(C(C)(C)C)cc(S(=O)(=O)c2ccc(OC(C)(C)C)cc2)c1.[CH2-]Oc1ccc(C(=O)c2cc(C(=O)c3ccc(OC(C)(C)C)cc3)cc(C(=O)c3ccc(C(C)(C)C)cc3)c2)cc1.[CH2-]Oc1ccc(S(=O)(=O)c2cc(OC(C)(C)C)cc(C(C)(C)C)c2)cc1.[CH2-]Oc1ccc(S(=O)(=O)c2cc(S(=O)(=O)c3ccc(OC(C)(C)C)cc3)cc(S(=O)(=O)c3ccc(C(C)(C)C)cc3)c2)cc1.[W].[W].[W].[W]. The van der Waals surface area contributed by atoms with Crippen molar-refractivity contribution in [2.24, 2.45) is 0 Å². The Morgan fingerprint density at radius 1 is 0.184 bits per heavy atom. The molecule has 12 rings (SSSR count). The summed E-state index contributed by atoms with van der Waals surface area (Å²) in [6, 6.07) is 68.4. The second-order valence-corrected chi connectivity index (χ2v) is 50.5. The number of benzene rings is 12. The van der Waals surface area contributed by atoms with Gasteiger partial charge < -0.3 is 37.9 Å². The van der Waals surface area contributed by atoms with Gasteiger partial charge in [0.15, 0.2) is 17.3 Å². The molecule has 0 aromatic heterocycles. The Morgan fingerprint density at radius 2 is 0.362 bits per heavy atom. The van der Waals surface area contributed by atoms with E-state index in [9.17, 15) is 56.5 Å². The molecule has 0 unspecified atom stereocenters. The van der Waals surface area contributed by atoms with E-state index in [1.165, 1.54) is 84.9 Å². The van der Waals surface area contributed by atoms with E-state index >= 15 is 0 Å². The molecule has 0 aliphatic rings. The molecule has 0 saturated carbocycles. The Morgan fingerprint density at radius 3 is 0.589 bits per heavy atom. The fourth-order valence-corrected chi connectivity index (χ4v) is 20.4. The van der Waals surface area contributed by atoms with Gasteiger partial charge in [-0.15, -0.1) is 0 Å². The monoisotopic (exact) mass is 2690 g/mol. The number of carbonyl (C=O) groups is 3. The summed E-state index contributed by atoms with van der Waals surface area (Å²) in [4.78, 5) is 39.6. The maximum Gasteiger partial charge on any atom is 0.206 e. The van der Waals surface area contributed by atoms with E-state index in [1.807, 2.05) is 170 Å². The molecule has 0 N–H and O–H groups in total. The predicted octanol–water partition coefficient (Wildman–Crippen LogP) is 25.2. The molecule has 12 aromatic rings. The molecule has 30 heteroatoms. The smallest absolute Gasteiger partial charge is 0.206 e. The van der Waals surface area contributed by atoms with Crippen molar-refractivity contribution in [2.75, 3.05) is 0 Å². The Hall–Kier alpha value is -9.45. The summed E-state index contributed by atoms with van der Waals surface area (Å²) in [7, 11) is -7.05. The molecule has 0 heterocycles. The van der Waals surface area contributed by atoms with Crippen LogP contribution in [0.5, 0.6) is 46.0 Å². The fraction of sp³-hybridized carbons (Fsp3) is 0.288. The second-order valence-electron chi connectivity index (χ2n) is 40.8. The van der Waals surface area contributed by atoms with Gasteiger partial charge in [-0.2, -0.15) is 28.4 Å². The number of ketones is 3. The summed E-state index contributed by atoms with van der Waals surface area (Å²) in [5, 5.41) is 0. The van der Waals surface area contributed by atoms with Crippen LogP contribution in [0.1, 0.15) is 236 Å². The third kappa shape index (κ3) is 33.3. The van der Waals surface area contributed by atoms with Crippen molar-refractivity contribution in [3.05, 3.63) is 351 Å². The first kappa shape index (κ1) is 122. The number of hydrogen-bond donors (Lipinski definition) is 0. The normalized spacial score (nSPS) is 12.1. The zero-order valence-electron chi connectivity index (χ0n) is 84.0. The molecule has 0 spiro atoms. The van der Waals surface area contributed by atoms with Gasteiger partial charge in [0.05, 0.1) is 72.0 Å². The van der Waals surface area contributed by atoms with Crippen molar-refractivity contribution in [2.45, 2.75) is 259 Å². The minimum Gasteiger partial charge on any atom is -0.665 e. The molecule has 0 aliphatic heterocycles. The van der Waals surface area contributed by atoms with E-state index in [2.05, 4.69) is 49.2 Å². The Bertz CT molecular complexity index is 6940.